The maximum Gasteiger partial charge on any atom is 0.336 e. The summed E-state index contributed by atoms with van der Waals surface area (Å²) in [6, 6.07) is 7.30. The summed E-state index contributed by atoms with van der Waals surface area (Å²) in [6.45, 7) is 4.36. The SMILES string of the molecule is C[C@@H]1CN(c2ccc3nccc(C(=O)O)c3c2)CCO1. The highest BCUT2D eigenvalue weighted by atomic mass is 16.5. The molecule has 20 heavy (non-hydrogen) atoms. The van der Waals surface area contributed by atoms with Crippen molar-refractivity contribution in [3.05, 3.63) is 36.0 Å². The topological polar surface area (TPSA) is 62.7 Å². The summed E-state index contributed by atoms with van der Waals surface area (Å²) >= 11 is 0. The third-order valence-corrected chi connectivity index (χ3v) is 3.56. The number of carboxylic acids is 1. The normalized spacial score (nSPS) is 19.2. The molecule has 1 aliphatic rings. The Morgan fingerprint density at radius 3 is 3.05 bits per heavy atom. The van der Waals surface area contributed by atoms with Gasteiger partial charge in [0.05, 0.1) is 23.8 Å². The number of carboxylic acid groups (broad SMARTS) is 1. The van der Waals surface area contributed by atoms with E-state index in [2.05, 4.69) is 9.88 Å². The van der Waals surface area contributed by atoms with Crippen LogP contribution in [0.5, 0.6) is 0 Å². The quantitative estimate of drug-likeness (QED) is 0.907. The van der Waals surface area contributed by atoms with E-state index in [1.807, 2.05) is 25.1 Å². The van der Waals surface area contributed by atoms with Crippen LogP contribution in [0.2, 0.25) is 0 Å². The summed E-state index contributed by atoms with van der Waals surface area (Å²) in [5, 5.41) is 9.94. The zero-order chi connectivity index (χ0) is 14.1. The Morgan fingerprint density at radius 2 is 2.30 bits per heavy atom. The molecular weight excluding hydrogens is 256 g/mol. The number of ether oxygens (including phenoxy) is 1. The fourth-order valence-electron chi connectivity index (χ4n) is 2.57. The van der Waals surface area contributed by atoms with E-state index in [9.17, 15) is 9.90 Å². The van der Waals surface area contributed by atoms with Crippen molar-refractivity contribution in [3.8, 4) is 0 Å². The Labute approximate surface area is 116 Å². The fraction of sp³-hybridized carbons (Fsp3) is 0.333. The van der Waals surface area contributed by atoms with Crippen LogP contribution in [0.25, 0.3) is 10.9 Å². The minimum absolute atomic E-state index is 0.187. The molecule has 3 rings (SSSR count). The van der Waals surface area contributed by atoms with Crippen LogP contribution in [0.15, 0.2) is 30.5 Å². The first-order valence-corrected chi connectivity index (χ1v) is 6.64. The van der Waals surface area contributed by atoms with Gasteiger partial charge in [0.1, 0.15) is 0 Å². The highest BCUT2D eigenvalue weighted by Gasteiger charge is 2.18. The highest BCUT2D eigenvalue weighted by Crippen LogP contribution is 2.25. The zero-order valence-corrected chi connectivity index (χ0v) is 11.2. The lowest BCUT2D eigenvalue weighted by atomic mass is 10.1. The van der Waals surface area contributed by atoms with Gasteiger partial charge in [0.25, 0.3) is 0 Å². The van der Waals surface area contributed by atoms with Crippen molar-refractivity contribution in [2.24, 2.45) is 0 Å². The van der Waals surface area contributed by atoms with Crippen molar-refractivity contribution in [1.82, 2.24) is 4.98 Å². The average Bonchev–Trinajstić information content (AvgIpc) is 2.46. The summed E-state index contributed by atoms with van der Waals surface area (Å²) in [6.07, 6.45) is 1.72. The van der Waals surface area contributed by atoms with Gasteiger partial charge in [0, 0.05) is 30.4 Å². The number of nitrogens with zero attached hydrogens (tertiary/aromatic N) is 2. The molecule has 0 saturated carbocycles. The number of aromatic carboxylic acids is 1. The first-order valence-electron chi connectivity index (χ1n) is 6.64. The van der Waals surface area contributed by atoms with Crippen LogP contribution >= 0.6 is 0 Å². The van der Waals surface area contributed by atoms with Crippen molar-refractivity contribution < 1.29 is 14.6 Å². The second-order valence-electron chi connectivity index (χ2n) is 4.99. The molecule has 1 N–H and O–H groups in total. The van der Waals surface area contributed by atoms with E-state index in [1.165, 1.54) is 12.3 Å². The van der Waals surface area contributed by atoms with Crippen molar-refractivity contribution in [1.29, 1.82) is 0 Å². The number of benzene rings is 1. The second-order valence-corrected chi connectivity index (χ2v) is 4.99. The van der Waals surface area contributed by atoms with Gasteiger partial charge in [0.2, 0.25) is 0 Å². The molecule has 2 aromatic rings. The van der Waals surface area contributed by atoms with Gasteiger partial charge in [-0.25, -0.2) is 4.79 Å². The van der Waals surface area contributed by atoms with Crippen LogP contribution in [0.1, 0.15) is 17.3 Å². The van der Waals surface area contributed by atoms with Gasteiger partial charge in [-0.3, -0.25) is 4.98 Å². The molecule has 1 aromatic carbocycles. The molecule has 104 valence electrons. The minimum Gasteiger partial charge on any atom is -0.478 e. The van der Waals surface area contributed by atoms with Crippen molar-refractivity contribution in [2.75, 3.05) is 24.6 Å². The molecule has 1 atom stereocenters. The Morgan fingerprint density at radius 1 is 1.45 bits per heavy atom. The minimum atomic E-state index is -0.926. The molecule has 1 aliphatic heterocycles. The second kappa shape index (κ2) is 5.09. The van der Waals surface area contributed by atoms with Crippen LogP contribution in [-0.2, 0) is 4.74 Å². The number of morpholine rings is 1. The number of aromatic nitrogens is 1. The lowest BCUT2D eigenvalue weighted by molar-refractivity contribution is 0.0532. The Kier molecular flexibility index (Phi) is 3.28. The highest BCUT2D eigenvalue weighted by molar-refractivity contribution is 6.03. The van der Waals surface area contributed by atoms with E-state index in [0.717, 1.165) is 18.8 Å². The molecule has 1 fully saturated rings. The third kappa shape index (κ3) is 2.32. The lowest BCUT2D eigenvalue weighted by Gasteiger charge is -2.33. The van der Waals surface area contributed by atoms with E-state index in [-0.39, 0.29) is 11.7 Å². The van der Waals surface area contributed by atoms with Gasteiger partial charge in [-0.1, -0.05) is 0 Å². The zero-order valence-electron chi connectivity index (χ0n) is 11.2. The van der Waals surface area contributed by atoms with Crippen LogP contribution in [-0.4, -0.2) is 41.9 Å². The number of hydrogen-bond donors (Lipinski definition) is 1. The number of rotatable bonds is 2. The molecule has 0 amide bonds. The fourth-order valence-corrected chi connectivity index (χ4v) is 2.57. The maximum absolute atomic E-state index is 11.3. The van der Waals surface area contributed by atoms with Gasteiger partial charge in [-0.15, -0.1) is 0 Å². The van der Waals surface area contributed by atoms with Gasteiger partial charge >= 0.3 is 5.97 Å². The van der Waals surface area contributed by atoms with E-state index < -0.39 is 5.97 Å². The van der Waals surface area contributed by atoms with Gasteiger partial charge in [0.15, 0.2) is 0 Å². The predicted molar refractivity (Wildman–Crippen MR) is 76.3 cm³/mol. The summed E-state index contributed by atoms with van der Waals surface area (Å²) < 4.78 is 5.53. The molecule has 0 bridgehead atoms. The molecule has 1 saturated heterocycles. The number of fused-ring (bicyclic) bond motifs is 1. The largest absolute Gasteiger partial charge is 0.478 e. The first-order chi connectivity index (χ1) is 9.65. The van der Waals surface area contributed by atoms with E-state index in [0.29, 0.717) is 17.5 Å². The standard InChI is InChI=1S/C15H16N2O3/c1-10-9-17(6-7-20-10)11-2-3-14-13(8-11)12(15(18)19)4-5-16-14/h2-5,8,10H,6-7,9H2,1H3,(H,18,19)/t10-/m1/s1. The van der Waals surface area contributed by atoms with Crippen LogP contribution in [0, 0.1) is 0 Å². The molecule has 0 radical (unpaired) electrons. The average molecular weight is 272 g/mol. The molecule has 0 unspecified atom stereocenters. The molecule has 5 heteroatoms. The summed E-state index contributed by atoms with van der Waals surface area (Å²) in [4.78, 5) is 17.7. The number of hydrogen-bond acceptors (Lipinski definition) is 4. The van der Waals surface area contributed by atoms with Crippen molar-refractivity contribution >= 4 is 22.6 Å². The molecule has 2 heterocycles. The van der Waals surface area contributed by atoms with Gasteiger partial charge in [-0.05, 0) is 31.2 Å². The maximum atomic E-state index is 11.3. The van der Waals surface area contributed by atoms with Crippen LogP contribution < -0.4 is 4.90 Å². The first kappa shape index (κ1) is 12.9. The number of pyridine rings is 1. The van der Waals surface area contributed by atoms with Crippen molar-refractivity contribution in [2.45, 2.75) is 13.0 Å². The third-order valence-electron chi connectivity index (χ3n) is 3.56. The van der Waals surface area contributed by atoms with Gasteiger partial charge < -0.3 is 14.7 Å². The van der Waals surface area contributed by atoms with Gasteiger partial charge in [-0.2, -0.15) is 0 Å². The van der Waals surface area contributed by atoms with E-state index in [1.54, 1.807) is 0 Å². The molecule has 0 aliphatic carbocycles. The van der Waals surface area contributed by atoms with E-state index in [4.69, 9.17) is 4.74 Å². The molecule has 1 aromatic heterocycles. The van der Waals surface area contributed by atoms with E-state index >= 15 is 0 Å². The molecule has 0 spiro atoms. The number of carbonyl (C=O) groups is 1. The summed E-state index contributed by atoms with van der Waals surface area (Å²) in [5.74, 6) is -0.926. The monoisotopic (exact) mass is 272 g/mol. The molecule has 5 nitrogen and oxygen atoms in total. The Hall–Kier alpha value is -2.14. The molecular formula is C15H16N2O3. The van der Waals surface area contributed by atoms with Crippen molar-refractivity contribution in [3.63, 3.8) is 0 Å². The number of anilines is 1. The Bertz CT molecular complexity index is 657. The smallest absolute Gasteiger partial charge is 0.336 e. The lowest BCUT2D eigenvalue weighted by Crippen LogP contribution is -2.41. The van der Waals surface area contributed by atoms with Crippen LogP contribution in [0.3, 0.4) is 0 Å². The summed E-state index contributed by atoms with van der Waals surface area (Å²) in [5.41, 5.74) is 2.01. The van der Waals surface area contributed by atoms with Crippen LogP contribution in [0.4, 0.5) is 5.69 Å². The Balaban J connectivity index is 2.05. The predicted octanol–water partition coefficient (Wildman–Crippen LogP) is 2.16. The summed E-state index contributed by atoms with van der Waals surface area (Å²) in [7, 11) is 0.